The summed E-state index contributed by atoms with van der Waals surface area (Å²) < 4.78 is 5.79. The van der Waals surface area contributed by atoms with Crippen LogP contribution in [0.4, 0.5) is 0 Å². The van der Waals surface area contributed by atoms with Gasteiger partial charge in [0.05, 0.1) is 11.9 Å². The highest BCUT2D eigenvalue weighted by Gasteiger charge is 2.07. The van der Waals surface area contributed by atoms with Gasteiger partial charge >= 0.3 is 0 Å². The summed E-state index contributed by atoms with van der Waals surface area (Å²) >= 11 is 0. The van der Waals surface area contributed by atoms with E-state index in [1.807, 2.05) is 55.5 Å². The number of rotatable bonds is 4. The van der Waals surface area contributed by atoms with Gasteiger partial charge in [-0.1, -0.05) is 36.4 Å². The molecule has 3 rings (SSSR count). The minimum Gasteiger partial charge on any atom is -0.489 e. The fourth-order valence-corrected chi connectivity index (χ4v) is 2.30. The van der Waals surface area contributed by atoms with E-state index in [9.17, 15) is 4.79 Å². The van der Waals surface area contributed by atoms with Gasteiger partial charge in [0.2, 0.25) is 0 Å². The zero-order valence-electron chi connectivity index (χ0n) is 12.2. The van der Waals surface area contributed by atoms with E-state index in [-0.39, 0.29) is 5.56 Å². The molecule has 0 saturated heterocycles. The van der Waals surface area contributed by atoms with Crippen molar-refractivity contribution < 1.29 is 4.74 Å². The number of nitrogens with zero attached hydrogens (tertiary/aromatic N) is 1. The third kappa shape index (κ3) is 3.06. The molecule has 0 aliphatic heterocycles. The second kappa shape index (κ2) is 6.26. The first-order valence-electron chi connectivity index (χ1n) is 7.04. The Hall–Kier alpha value is -2.88. The molecule has 2 aromatic carbocycles. The van der Waals surface area contributed by atoms with Crippen LogP contribution in [0.15, 0.2) is 65.8 Å². The van der Waals surface area contributed by atoms with E-state index in [0.29, 0.717) is 12.2 Å². The molecule has 4 heteroatoms. The summed E-state index contributed by atoms with van der Waals surface area (Å²) in [6.45, 7) is 2.48. The number of hydrogen-bond donors (Lipinski definition) is 1. The lowest BCUT2D eigenvalue weighted by Gasteiger charge is -2.10. The minimum absolute atomic E-state index is 0.143. The molecule has 0 aliphatic rings. The number of nitrogens with one attached hydrogen (secondary N) is 1. The van der Waals surface area contributed by atoms with Crippen LogP contribution < -0.4 is 10.3 Å². The molecule has 0 radical (unpaired) electrons. The van der Waals surface area contributed by atoms with Crippen molar-refractivity contribution in [1.29, 1.82) is 0 Å². The van der Waals surface area contributed by atoms with Gasteiger partial charge in [-0.2, -0.15) is 0 Å². The number of H-pyrrole nitrogens is 1. The lowest BCUT2D eigenvalue weighted by Crippen LogP contribution is -2.09. The minimum atomic E-state index is -0.143. The molecule has 0 amide bonds. The Morgan fingerprint density at radius 3 is 2.64 bits per heavy atom. The Bertz CT molecular complexity index is 826. The number of aromatic amines is 1. The van der Waals surface area contributed by atoms with Crippen LogP contribution in [0.2, 0.25) is 0 Å². The Morgan fingerprint density at radius 2 is 1.91 bits per heavy atom. The van der Waals surface area contributed by atoms with Gasteiger partial charge in [-0.15, -0.1) is 0 Å². The largest absolute Gasteiger partial charge is 0.489 e. The summed E-state index contributed by atoms with van der Waals surface area (Å²) in [5.74, 6) is 0.783. The fraction of sp³-hybridized carbons (Fsp3) is 0.111. The van der Waals surface area contributed by atoms with Crippen LogP contribution in [0.3, 0.4) is 0 Å². The molecule has 1 heterocycles. The van der Waals surface area contributed by atoms with Crippen LogP contribution in [-0.4, -0.2) is 9.97 Å². The quantitative estimate of drug-likeness (QED) is 0.802. The van der Waals surface area contributed by atoms with E-state index in [0.717, 1.165) is 22.4 Å². The Balaban J connectivity index is 1.81. The summed E-state index contributed by atoms with van der Waals surface area (Å²) in [4.78, 5) is 18.4. The molecule has 3 aromatic rings. The molecule has 0 unspecified atom stereocenters. The van der Waals surface area contributed by atoms with Gasteiger partial charge in [0, 0.05) is 6.20 Å². The van der Waals surface area contributed by atoms with Crippen molar-refractivity contribution in [2.75, 3.05) is 0 Å². The predicted molar refractivity (Wildman–Crippen MR) is 85.8 cm³/mol. The molecule has 0 bridgehead atoms. The standard InChI is InChI=1S/C18H16N2O2/c1-13-9-15(22-11-14-5-3-2-4-6-14)7-8-16(13)17-10-19-12-20-18(17)21/h2-10,12H,11H2,1H3,(H,19,20,21). The van der Waals surface area contributed by atoms with Crippen LogP contribution in [0.25, 0.3) is 11.1 Å². The van der Waals surface area contributed by atoms with Gasteiger partial charge in [0.25, 0.3) is 5.56 Å². The molecule has 0 aliphatic carbocycles. The maximum absolute atomic E-state index is 11.8. The number of aryl methyl sites for hydroxylation is 1. The average molecular weight is 292 g/mol. The third-order valence-electron chi connectivity index (χ3n) is 3.45. The number of ether oxygens (including phenoxy) is 1. The van der Waals surface area contributed by atoms with Crippen LogP contribution in [0, 0.1) is 6.92 Å². The van der Waals surface area contributed by atoms with E-state index in [1.54, 1.807) is 6.20 Å². The van der Waals surface area contributed by atoms with Crippen molar-refractivity contribution in [1.82, 2.24) is 9.97 Å². The van der Waals surface area contributed by atoms with Gasteiger partial charge in [0.1, 0.15) is 12.4 Å². The monoisotopic (exact) mass is 292 g/mol. The molecular formula is C18H16N2O2. The van der Waals surface area contributed by atoms with Crippen molar-refractivity contribution in [2.45, 2.75) is 13.5 Å². The first-order chi connectivity index (χ1) is 10.7. The van der Waals surface area contributed by atoms with Crippen LogP contribution >= 0.6 is 0 Å². The molecule has 110 valence electrons. The Labute approximate surface area is 128 Å². The normalized spacial score (nSPS) is 10.4. The average Bonchev–Trinajstić information content (AvgIpc) is 2.55. The number of aromatic nitrogens is 2. The fourth-order valence-electron chi connectivity index (χ4n) is 2.30. The molecule has 0 spiro atoms. The molecule has 0 fully saturated rings. The van der Waals surface area contributed by atoms with Gasteiger partial charge in [0.15, 0.2) is 0 Å². The number of hydrogen-bond acceptors (Lipinski definition) is 3. The van der Waals surface area contributed by atoms with Gasteiger partial charge in [-0.3, -0.25) is 4.79 Å². The Kier molecular flexibility index (Phi) is 4.01. The number of benzene rings is 2. The summed E-state index contributed by atoms with van der Waals surface area (Å²) in [6, 6.07) is 15.7. The summed E-state index contributed by atoms with van der Waals surface area (Å²) in [6.07, 6.45) is 2.96. The highest BCUT2D eigenvalue weighted by molar-refractivity contribution is 5.66. The molecule has 0 saturated carbocycles. The smallest absolute Gasteiger partial charge is 0.258 e. The summed E-state index contributed by atoms with van der Waals surface area (Å²) in [5.41, 5.74) is 3.38. The van der Waals surface area contributed by atoms with Crippen molar-refractivity contribution in [3.05, 3.63) is 82.5 Å². The summed E-state index contributed by atoms with van der Waals surface area (Å²) in [5, 5.41) is 0. The van der Waals surface area contributed by atoms with Crippen LogP contribution in [-0.2, 0) is 6.61 Å². The first-order valence-corrected chi connectivity index (χ1v) is 7.04. The van der Waals surface area contributed by atoms with E-state index >= 15 is 0 Å². The van der Waals surface area contributed by atoms with E-state index < -0.39 is 0 Å². The molecule has 1 aromatic heterocycles. The lowest BCUT2D eigenvalue weighted by molar-refractivity contribution is 0.306. The van der Waals surface area contributed by atoms with Crippen LogP contribution in [0.1, 0.15) is 11.1 Å². The second-order valence-corrected chi connectivity index (χ2v) is 5.05. The predicted octanol–water partition coefficient (Wildman–Crippen LogP) is 3.32. The van der Waals surface area contributed by atoms with Gasteiger partial charge in [-0.25, -0.2) is 4.98 Å². The molecule has 0 atom stereocenters. The maximum atomic E-state index is 11.8. The van der Waals surface area contributed by atoms with Crippen molar-refractivity contribution >= 4 is 0 Å². The second-order valence-electron chi connectivity index (χ2n) is 5.05. The SMILES string of the molecule is Cc1cc(OCc2ccccc2)ccc1-c1cnc[nH]c1=O. The van der Waals surface area contributed by atoms with E-state index in [4.69, 9.17) is 4.74 Å². The van der Waals surface area contributed by atoms with Crippen molar-refractivity contribution in [3.8, 4) is 16.9 Å². The Morgan fingerprint density at radius 1 is 1.09 bits per heavy atom. The first kappa shape index (κ1) is 14.1. The topological polar surface area (TPSA) is 55.0 Å². The lowest BCUT2D eigenvalue weighted by atomic mass is 10.0. The van der Waals surface area contributed by atoms with Crippen molar-refractivity contribution in [3.63, 3.8) is 0 Å². The maximum Gasteiger partial charge on any atom is 0.258 e. The highest BCUT2D eigenvalue weighted by Crippen LogP contribution is 2.24. The molecular weight excluding hydrogens is 276 g/mol. The zero-order chi connectivity index (χ0) is 15.4. The van der Waals surface area contributed by atoms with E-state index in [2.05, 4.69) is 9.97 Å². The third-order valence-corrected chi connectivity index (χ3v) is 3.45. The molecule has 4 nitrogen and oxygen atoms in total. The van der Waals surface area contributed by atoms with Crippen LogP contribution in [0.5, 0.6) is 5.75 Å². The molecule has 1 N–H and O–H groups in total. The summed E-state index contributed by atoms with van der Waals surface area (Å²) in [7, 11) is 0. The van der Waals surface area contributed by atoms with Crippen molar-refractivity contribution in [2.24, 2.45) is 0 Å². The zero-order valence-corrected chi connectivity index (χ0v) is 12.2. The van der Waals surface area contributed by atoms with Gasteiger partial charge in [-0.05, 0) is 35.7 Å². The highest BCUT2D eigenvalue weighted by atomic mass is 16.5. The van der Waals surface area contributed by atoms with E-state index in [1.165, 1.54) is 6.33 Å². The van der Waals surface area contributed by atoms with Gasteiger partial charge < -0.3 is 9.72 Å². The molecule has 22 heavy (non-hydrogen) atoms.